The highest BCUT2D eigenvalue weighted by Crippen LogP contribution is 2.37. The van der Waals surface area contributed by atoms with Crippen LogP contribution in [-0.4, -0.2) is 29.7 Å². The molecule has 5 heteroatoms. The summed E-state index contributed by atoms with van der Waals surface area (Å²) in [6.07, 6.45) is 1.79. The molecule has 2 amide bonds. The van der Waals surface area contributed by atoms with Crippen LogP contribution < -0.4 is 4.74 Å². The highest BCUT2D eigenvalue weighted by atomic mass is 32.2. The maximum Gasteiger partial charge on any atom is 0.293 e. The van der Waals surface area contributed by atoms with Crippen LogP contribution in [0.4, 0.5) is 4.79 Å². The van der Waals surface area contributed by atoms with E-state index >= 15 is 0 Å². The molecule has 0 unspecified atom stereocenters. The van der Waals surface area contributed by atoms with E-state index in [2.05, 4.69) is 0 Å². The minimum absolute atomic E-state index is 0.175. The number of rotatable bonds is 5. The number of ether oxygens (including phenoxy) is 1. The van der Waals surface area contributed by atoms with Gasteiger partial charge in [0, 0.05) is 6.54 Å². The molecule has 0 atom stereocenters. The number of amides is 2. The normalized spacial score (nSPS) is 17.4. The van der Waals surface area contributed by atoms with Crippen LogP contribution in [0.3, 0.4) is 0 Å². The highest BCUT2D eigenvalue weighted by Gasteiger charge is 2.35. The molecule has 1 aromatic carbocycles. The largest absolute Gasteiger partial charge is 0.497 e. The van der Waals surface area contributed by atoms with Gasteiger partial charge in [-0.2, -0.15) is 0 Å². The Kier molecular flexibility index (Phi) is 5.07. The summed E-state index contributed by atoms with van der Waals surface area (Å²) in [5.74, 6) is 0.552. The molecule has 0 radical (unpaired) electrons. The van der Waals surface area contributed by atoms with Crippen LogP contribution in [0.15, 0.2) is 29.2 Å². The molecule has 21 heavy (non-hydrogen) atoms. The van der Waals surface area contributed by atoms with Gasteiger partial charge < -0.3 is 4.74 Å². The number of benzene rings is 1. The van der Waals surface area contributed by atoms with E-state index in [1.807, 2.05) is 38.1 Å². The first kappa shape index (κ1) is 15.6. The molecule has 0 saturated carbocycles. The predicted molar refractivity (Wildman–Crippen MR) is 85.2 cm³/mol. The van der Waals surface area contributed by atoms with E-state index in [0.29, 0.717) is 11.4 Å². The van der Waals surface area contributed by atoms with Gasteiger partial charge in [0.15, 0.2) is 0 Å². The Morgan fingerprint density at radius 1 is 1.33 bits per heavy atom. The van der Waals surface area contributed by atoms with Crippen LogP contribution in [0.5, 0.6) is 5.75 Å². The summed E-state index contributed by atoms with van der Waals surface area (Å²) in [4.78, 5) is 26.2. The van der Waals surface area contributed by atoms with Gasteiger partial charge in [0.2, 0.25) is 0 Å². The number of unbranched alkanes of at least 4 members (excludes halogenated alkanes) is 1. The quantitative estimate of drug-likeness (QED) is 0.774. The summed E-state index contributed by atoms with van der Waals surface area (Å²) in [5, 5.41) is -0.175. The van der Waals surface area contributed by atoms with Crippen LogP contribution in [0.1, 0.15) is 32.3 Å². The van der Waals surface area contributed by atoms with Crippen LogP contribution in [0.2, 0.25) is 0 Å². The number of methoxy groups -OCH3 is 1. The summed E-state index contributed by atoms with van der Waals surface area (Å²) in [6, 6.07) is 7.51. The Labute approximate surface area is 129 Å². The lowest BCUT2D eigenvalue weighted by molar-refractivity contribution is -0.122. The van der Waals surface area contributed by atoms with E-state index in [0.717, 1.165) is 41.5 Å². The molecular weight excluding hydrogens is 286 g/mol. The van der Waals surface area contributed by atoms with Crippen molar-refractivity contribution in [1.82, 2.24) is 4.90 Å². The first-order valence-corrected chi connectivity index (χ1v) is 7.79. The van der Waals surface area contributed by atoms with Crippen molar-refractivity contribution in [3.8, 4) is 5.75 Å². The third kappa shape index (κ3) is 3.29. The zero-order valence-corrected chi connectivity index (χ0v) is 13.3. The zero-order valence-electron chi connectivity index (χ0n) is 12.5. The third-order valence-corrected chi connectivity index (χ3v) is 4.51. The van der Waals surface area contributed by atoms with Gasteiger partial charge in [-0.1, -0.05) is 25.5 Å². The number of hydrogen-bond acceptors (Lipinski definition) is 4. The summed E-state index contributed by atoms with van der Waals surface area (Å²) in [7, 11) is 1.60. The molecule has 0 N–H and O–H groups in total. The number of imide groups is 1. The molecule has 1 aromatic rings. The monoisotopic (exact) mass is 305 g/mol. The van der Waals surface area contributed by atoms with Gasteiger partial charge in [0.1, 0.15) is 5.75 Å². The topological polar surface area (TPSA) is 46.6 Å². The maximum atomic E-state index is 12.4. The van der Waals surface area contributed by atoms with Crippen molar-refractivity contribution < 1.29 is 14.3 Å². The second-order valence-electron chi connectivity index (χ2n) is 4.86. The molecule has 0 bridgehead atoms. The molecule has 4 nitrogen and oxygen atoms in total. The van der Waals surface area contributed by atoms with Gasteiger partial charge in [-0.25, -0.2) is 0 Å². The molecule has 1 fully saturated rings. The predicted octanol–water partition coefficient (Wildman–Crippen LogP) is 3.92. The summed E-state index contributed by atoms with van der Waals surface area (Å²) >= 11 is 1.02. The fourth-order valence-electron chi connectivity index (χ4n) is 2.12. The van der Waals surface area contributed by atoms with Crippen molar-refractivity contribution in [3.05, 3.63) is 34.7 Å². The number of thioether (sulfide) groups is 1. The molecule has 1 aliphatic heterocycles. The van der Waals surface area contributed by atoms with Crippen LogP contribution in [0, 0.1) is 0 Å². The molecule has 1 aliphatic rings. The van der Waals surface area contributed by atoms with Crippen molar-refractivity contribution in [1.29, 1.82) is 0 Å². The molecule has 1 saturated heterocycles. The van der Waals surface area contributed by atoms with Crippen molar-refractivity contribution >= 4 is 28.5 Å². The Morgan fingerprint density at radius 2 is 2.10 bits per heavy atom. The fourth-order valence-corrected chi connectivity index (χ4v) is 3.05. The highest BCUT2D eigenvalue weighted by molar-refractivity contribution is 8.18. The van der Waals surface area contributed by atoms with E-state index in [1.54, 1.807) is 7.11 Å². The number of hydrogen-bond donors (Lipinski definition) is 0. The molecular formula is C16H19NO3S. The van der Waals surface area contributed by atoms with E-state index in [-0.39, 0.29) is 11.1 Å². The second kappa shape index (κ2) is 6.80. The molecule has 112 valence electrons. The Bertz CT molecular complexity index is 595. The van der Waals surface area contributed by atoms with Crippen molar-refractivity contribution in [2.24, 2.45) is 0 Å². The van der Waals surface area contributed by atoms with Crippen LogP contribution in [-0.2, 0) is 4.79 Å². The fraction of sp³-hybridized carbons (Fsp3) is 0.375. The van der Waals surface area contributed by atoms with Crippen LogP contribution >= 0.6 is 11.8 Å². The summed E-state index contributed by atoms with van der Waals surface area (Å²) in [6.45, 7) is 4.40. The average Bonchev–Trinajstić information content (AvgIpc) is 2.79. The number of allylic oxidation sites excluding steroid dienone is 1. The van der Waals surface area contributed by atoms with E-state index in [1.165, 1.54) is 4.90 Å². The van der Waals surface area contributed by atoms with E-state index < -0.39 is 0 Å². The second-order valence-corrected chi connectivity index (χ2v) is 5.83. The summed E-state index contributed by atoms with van der Waals surface area (Å²) in [5.41, 5.74) is 1.71. The van der Waals surface area contributed by atoms with Gasteiger partial charge in [0.05, 0.1) is 12.0 Å². The van der Waals surface area contributed by atoms with Gasteiger partial charge in [-0.05, 0) is 48.4 Å². The molecule has 0 spiro atoms. The lowest BCUT2D eigenvalue weighted by atomic mass is 10.1. The van der Waals surface area contributed by atoms with Gasteiger partial charge in [-0.3, -0.25) is 14.5 Å². The lowest BCUT2D eigenvalue weighted by Crippen LogP contribution is -2.29. The molecule has 0 aromatic heterocycles. The smallest absolute Gasteiger partial charge is 0.293 e. The third-order valence-electron chi connectivity index (χ3n) is 3.43. The number of carbonyl (C=O) groups excluding carboxylic acids is 2. The van der Waals surface area contributed by atoms with Crippen LogP contribution in [0.25, 0.3) is 5.57 Å². The molecule has 2 rings (SSSR count). The maximum absolute atomic E-state index is 12.4. The Morgan fingerprint density at radius 3 is 2.76 bits per heavy atom. The van der Waals surface area contributed by atoms with Gasteiger partial charge in [0.25, 0.3) is 11.1 Å². The van der Waals surface area contributed by atoms with Crippen molar-refractivity contribution in [3.63, 3.8) is 0 Å². The van der Waals surface area contributed by atoms with E-state index in [9.17, 15) is 9.59 Å². The first-order valence-electron chi connectivity index (χ1n) is 6.97. The van der Waals surface area contributed by atoms with E-state index in [4.69, 9.17) is 4.74 Å². The zero-order chi connectivity index (χ0) is 15.4. The molecule has 0 aliphatic carbocycles. The Hall–Kier alpha value is -1.75. The number of carbonyl (C=O) groups is 2. The number of nitrogens with zero attached hydrogens (tertiary/aromatic N) is 1. The summed E-state index contributed by atoms with van der Waals surface area (Å²) < 4.78 is 5.20. The minimum Gasteiger partial charge on any atom is -0.497 e. The lowest BCUT2D eigenvalue weighted by Gasteiger charge is -2.11. The van der Waals surface area contributed by atoms with Gasteiger partial charge in [-0.15, -0.1) is 0 Å². The standard InChI is InChI=1S/C16H19NO3S/c1-4-5-9-17-15(18)14(21-16(17)19)11(2)12-7-6-8-13(10-12)20-3/h6-8,10H,4-5,9H2,1-3H3/b14-11-. The minimum atomic E-state index is -0.182. The Balaban J connectivity index is 2.30. The molecule has 1 heterocycles. The average molecular weight is 305 g/mol. The van der Waals surface area contributed by atoms with Crippen molar-refractivity contribution in [2.45, 2.75) is 26.7 Å². The van der Waals surface area contributed by atoms with Gasteiger partial charge >= 0.3 is 0 Å². The SMILES string of the molecule is CCCCN1C(=O)S/C(=C(/C)c2cccc(OC)c2)C1=O. The first-order chi connectivity index (χ1) is 10.1. The van der Waals surface area contributed by atoms with Crippen molar-refractivity contribution in [2.75, 3.05) is 13.7 Å².